The highest BCUT2D eigenvalue weighted by atomic mass is 16.5. The van der Waals surface area contributed by atoms with Gasteiger partial charge in [0.05, 0.1) is 30.1 Å². The summed E-state index contributed by atoms with van der Waals surface area (Å²) in [5.41, 5.74) is -1.25. The smallest absolute Gasteiger partial charge is 0.248 e. The predicted octanol–water partition coefficient (Wildman–Crippen LogP) is 4.34. The molecule has 8 heteroatoms. The molecule has 4 rings (SSSR count). The van der Waals surface area contributed by atoms with Gasteiger partial charge in [0.15, 0.2) is 0 Å². The number of benzene rings is 1. The van der Waals surface area contributed by atoms with E-state index in [0.717, 1.165) is 24.9 Å². The van der Waals surface area contributed by atoms with Crippen molar-refractivity contribution < 1.29 is 24.2 Å². The molecule has 3 saturated heterocycles. The molecule has 3 aliphatic rings. The number of rotatable bonds is 15. The Morgan fingerprint density at radius 1 is 1.10 bits per heavy atom. The van der Waals surface area contributed by atoms with Crippen LogP contribution in [0.15, 0.2) is 55.6 Å². The second kappa shape index (κ2) is 12.9. The number of aliphatic hydroxyl groups excluding tert-OH is 1. The zero-order chi connectivity index (χ0) is 29.8. The highest BCUT2D eigenvalue weighted by Gasteiger charge is 2.79. The number of para-hydroxylation sites is 1. The van der Waals surface area contributed by atoms with E-state index >= 15 is 0 Å². The van der Waals surface area contributed by atoms with Crippen molar-refractivity contribution in [3.05, 3.63) is 55.6 Å². The number of likely N-dealkylation sites (tertiary alicyclic amines) is 1. The van der Waals surface area contributed by atoms with Gasteiger partial charge < -0.3 is 24.5 Å². The van der Waals surface area contributed by atoms with Crippen LogP contribution in [0.3, 0.4) is 0 Å². The zero-order valence-electron chi connectivity index (χ0n) is 25.0. The van der Waals surface area contributed by atoms with E-state index in [9.17, 15) is 19.5 Å². The maximum Gasteiger partial charge on any atom is 0.248 e. The van der Waals surface area contributed by atoms with Gasteiger partial charge in [-0.1, -0.05) is 64.0 Å². The van der Waals surface area contributed by atoms with Gasteiger partial charge in [-0.3, -0.25) is 14.4 Å². The first kappa shape index (κ1) is 31.0. The molecular weight excluding hydrogens is 518 g/mol. The van der Waals surface area contributed by atoms with E-state index in [1.165, 1.54) is 0 Å². The minimum Gasteiger partial charge on any atom is -0.394 e. The number of carbonyl (C=O) groups excluding carboxylic acids is 3. The van der Waals surface area contributed by atoms with Gasteiger partial charge in [-0.25, -0.2) is 0 Å². The van der Waals surface area contributed by atoms with Crippen molar-refractivity contribution in [1.29, 1.82) is 0 Å². The van der Waals surface area contributed by atoms with E-state index < -0.39 is 35.1 Å². The number of fused-ring (bicyclic) bond motifs is 1. The number of carbonyl (C=O) groups is 3. The fourth-order valence-electron chi connectivity index (χ4n) is 7.52. The summed E-state index contributed by atoms with van der Waals surface area (Å²) in [5, 5.41) is 10.4. The molecule has 3 heterocycles. The minimum atomic E-state index is -1.13. The van der Waals surface area contributed by atoms with E-state index in [1.54, 1.807) is 26.9 Å². The SMILES string of the molecule is C=CCN(CCCCC)C(=O)C1N([C@@H](CC)CO)C(=O)[C@@H]2[C@@H](C(=O)N(CC=C)c3ccccc3)[C@@]3(CC)CCC12O3. The largest absolute Gasteiger partial charge is 0.394 e. The molecule has 2 bridgehead atoms. The Bertz CT molecular complexity index is 1120. The van der Waals surface area contributed by atoms with Crippen LogP contribution in [0.1, 0.15) is 65.7 Å². The number of nitrogens with zero attached hydrogens (tertiary/aromatic N) is 3. The van der Waals surface area contributed by atoms with Gasteiger partial charge >= 0.3 is 0 Å². The summed E-state index contributed by atoms with van der Waals surface area (Å²) in [5.74, 6) is -2.20. The molecule has 3 aliphatic heterocycles. The Hall–Kier alpha value is -2.97. The molecule has 0 aliphatic carbocycles. The van der Waals surface area contributed by atoms with Gasteiger partial charge in [0.1, 0.15) is 11.6 Å². The number of hydrogen-bond donors (Lipinski definition) is 1. The van der Waals surface area contributed by atoms with Crippen molar-refractivity contribution in [2.45, 2.75) is 89.0 Å². The third-order valence-corrected chi connectivity index (χ3v) is 9.53. The van der Waals surface area contributed by atoms with E-state index in [-0.39, 0.29) is 30.9 Å². The molecule has 3 fully saturated rings. The predicted molar refractivity (Wildman–Crippen MR) is 160 cm³/mol. The first-order valence-electron chi connectivity index (χ1n) is 15.3. The van der Waals surface area contributed by atoms with Crippen molar-refractivity contribution >= 4 is 23.4 Å². The van der Waals surface area contributed by atoms with Crippen LogP contribution >= 0.6 is 0 Å². The van der Waals surface area contributed by atoms with Crippen LogP contribution in [0.5, 0.6) is 0 Å². The highest BCUT2D eigenvalue weighted by Crippen LogP contribution is 2.65. The summed E-state index contributed by atoms with van der Waals surface area (Å²) in [4.78, 5) is 48.6. The van der Waals surface area contributed by atoms with Crippen molar-refractivity contribution in [3.8, 4) is 0 Å². The lowest BCUT2D eigenvalue weighted by Crippen LogP contribution is -2.59. The Morgan fingerprint density at radius 3 is 2.39 bits per heavy atom. The van der Waals surface area contributed by atoms with Gasteiger partial charge in [0.2, 0.25) is 17.7 Å². The van der Waals surface area contributed by atoms with E-state index in [4.69, 9.17) is 4.74 Å². The molecule has 41 heavy (non-hydrogen) atoms. The van der Waals surface area contributed by atoms with Crippen LogP contribution in [0.2, 0.25) is 0 Å². The second-order valence-corrected chi connectivity index (χ2v) is 11.7. The lowest BCUT2D eigenvalue weighted by atomic mass is 9.64. The van der Waals surface area contributed by atoms with Crippen LogP contribution in [0.4, 0.5) is 5.69 Å². The van der Waals surface area contributed by atoms with Gasteiger partial charge in [-0.05, 0) is 44.2 Å². The van der Waals surface area contributed by atoms with E-state index in [2.05, 4.69) is 20.1 Å². The molecule has 1 N–H and O–H groups in total. The molecule has 3 amide bonds. The van der Waals surface area contributed by atoms with E-state index in [0.29, 0.717) is 38.8 Å². The average molecular weight is 566 g/mol. The molecule has 6 atom stereocenters. The zero-order valence-corrected chi connectivity index (χ0v) is 25.0. The lowest BCUT2D eigenvalue weighted by Gasteiger charge is -2.39. The van der Waals surface area contributed by atoms with Crippen molar-refractivity contribution in [2.24, 2.45) is 11.8 Å². The van der Waals surface area contributed by atoms with Gasteiger partial charge in [-0.2, -0.15) is 0 Å². The number of ether oxygens (including phenoxy) is 1. The first-order chi connectivity index (χ1) is 19.8. The molecule has 1 aromatic rings. The Morgan fingerprint density at radius 2 is 1.80 bits per heavy atom. The molecule has 8 nitrogen and oxygen atoms in total. The number of hydrogen-bond acceptors (Lipinski definition) is 5. The molecule has 224 valence electrons. The van der Waals surface area contributed by atoms with E-state index in [1.807, 2.05) is 44.2 Å². The summed E-state index contributed by atoms with van der Waals surface area (Å²) in [6, 6.07) is 7.95. The Labute approximate surface area is 245 Å². The highest BCUT2D eigenvalue weighted by molar-refractivity contribution is 6.03. The van der Waals surface area contributed by atoms with Gasteiger partial charge in [0.25, 0.3) is 0 Å². The Kier molecular flexibility index (Phi) is 9.75. The third-order valence-electron chi connectivity index (χ3n) is 9.53. The van der Waals surface area contributed by atoms with Crippen molar-refractivity contribution in [3.63, 3.8) is 0 Å². The van der Waals surface area contributed by atoms with Crippen LogP contribution < -0.4 is 4.90 Å². The second-order valence-electron chi connectivity index (χ2n) is 11.7. The first-order valence-corrected chi connectivity index (χ1v) is 15.3. The molecule has 1 aromatic carbocycles. The van der Waals surface area contributed by atoms with Crippen LogP contribution in [0, 0.1) is 11.8 Å². The third kappa shape index (κ3) is 5.14. The number of anilines is 1. The molecule has 0 saturated carbocycles. The van der Waals surface area contributed by atoms with Gasteiger partial charge in [0, 0.05) is 25.3 Å². The summed E-state index contributed by atoms with van der Waals surface area (Å²) in [6.45, 7) is 14.7. The fraction of sp³-hybridized carbons (Fsp3) is 0.606. The molecule has 0 aromatic heterocycles. The molecule has 1 spiro atoms. The maximum absolute atomic E-state index is 14.5. The molecule has 0 radical (unpaired) electrons. The summed E-state index contributed by atoms with van der Waals surface area (Å²) in [6.07, 6.45) is 8.39. The van der Waals surface area contributed by atoms with Crippen LogP contribution in [-0.4, -0.2) is 82.2 Å². The van der Waals surface area contributed by atoms with Crippen molar-refractivity contribution in [1.82, 2.24) is 9.80 Å². The van der Waals surface area contributed by atoms with Gasteiger partial charge in [-0.15, -0.1) is 13.2 Å². The quantitative estimate of drug-likeness (QED) is 0.253. The standard InChI is InChI=1S/C33H47N3O5/c1-6-11-15-22-34(20-7-2)31(40)28-33-19-18-32(10-5,41-33)26(27(33)30(39)36(28)24(9-4)23-37)29(38)35(21-8-3)25-16-13-12-14-17-25/h7-8,12-14,16-17,24,26-28,37H,2-3,6,9-11,15,18-23H2,1,4-5H3/t24-,26-,27-,28?,32+,33?/m0/s1. The molecule has 2 unspecified atom stereocenters. The topological polar surface area (TPSA) is 90.4 Å². The average Bonchev–Trinajstić information content (AvgIpc) is 3.60. The fourth-order valence-corrected chi connectivity index (χ4v) is 7.52. The number of aliphatic hydroxyl groups is 1. The van der Waals surface area contributed by atoms with Crippen LogP contribution in [-0.2, 0) is 19.1 Å². The minimum absolute atomic E-state index is 0.185. The summed E-state index contributed by atoms with van der Waals surface area (Å²) >= 11 is 0. The number of amides is 3. The summed E-state index contributed by atoms with van der Waals surface area (Å²) < 4.78 is 6.96. The van der Waals surface area contributed by atoms with Crippen LogP contribution in [0.25, 0.3) is 0 Å². The molecular formula is C33H47N3O5. The maximum atomic E-state index is 14.5. The summed E-state index contributed by atoms with van der Waals surface area (Å²) in [7, 11) is 0. The number of unbranched alkanes of at least 4 members (excludes halogenated alkanes) is 2. The lowest BCUT2D eigenvalue weighted by molar-refractivity contribution is -0.156. The van der Waals surface area contributed by atoms with Crippen molar-refractivity contribution in [2.75, 3.05) is 31.1 Å². The normalized spacial score (nSPS) is 28.8. The Balaban J connectivity index is 1.82. The monoisotopic (exact) mass is 565 g/mol.